The first-order valence-corrected chi connectivity index (χ1v) is 9.27. The molecule has 3 rings (SSSR count). The minimum atomic E-state index is -0.865. The Morgan fingerprint density at radius 1 is 0.871 bits per heavy atom. The lowest BCUT2D eigenvalue weighted by Gasteiger charge is -2.27. The molecular formula is C22H20O9. The number of benzene rings is 2. The van der Waals surface area contributed by atoms with Gasteiger partial charge in [0.25, 0.3) is 0 Å². The quantitative estimate of drug-likeness (QED) is 0.524. The molecule has 0 spiro atoms. The van der Waals surface area contributed by atoms with Gasteiger partial charge in [0.15, 0.2) is 5.78 Å². The molecule has 1 atom stereocenters. The number of carbonyl (C=O) groups is 4. The van der Waals surface area contributed by atoms with Crippen molar-refractivity contribution in [3.63, 3.8) is 0 Å². The molecule has 1 heterocycles. The van der Waals surface area contributed by atoms with E-state index in [4.69, 9.17) is 23.7 Å². The van der Waals surface area contributed by atoms with E-state index in [1.54, 1.807) is 0 Å². The van der Waals surface area contributed by atoms with Crippen molar-refractivity contribution in [1.82, 2.24) is 0 Å². The number of hydrogen-bond acceptors (Lipinski definition) is 9. The Morgan fingerprint density at radius 3 is 2.10 bits per heavy atom. The molecule has 1 aliphatic rings. The number of esters is 3. The van der Waals surface area contributed by atoms with Gasteiger partial charge in [0.1, 0.15) is 40.9 Å². The number of ketones is 1. The average molecular weight is 428 g/mol. The molecule has 0 aromatic heterocycles. The minimum Gasteiger partial charge on any atom is -0.496 e. The van der Waals surface area contributed by atoms with E-state index in [2.05, 4.69) is 0 Å². The van der Waals surface area contributed by atoms with Crippen LogP contribution >= 0.6 is 0 Å². The zero-order chi connectivity index (χ0) is 22.7. The van der Waals surface area contributed by atoms with Crippen molar-refractivity contribution in [3.05, 3.63) is 41.5 Å². The normalized spacial score (nSPS) is 14.7. The van der Waals surface area contributed by atoms with Gasteiger partial charge in [0.2, 0.25) is 0 Å². The summed E-state index contributed by atoms with van der Waals surface area (Å²) < 4.78 is 26.4. The molecule has 0 radical (unpaired) electrons. The third-order valence-corrected chi connectivity index (χ3v) is 4.37. The van der Waals surface area contributed by atoms with E-state index < -0.39 is 29.6 Å². The molecular weight excluding hydrogens is 408 g/mol. The van der Waals surface area contributed by atoms with Crippen molar-refractivity contribution < 1.29 is 42.9 Å². The van der Waals surface area contributed by atoms with Crippen LogP contribution in [0.15, 0.2) is 30.3 Å². The molecule has 0 fully saturated rings. The molecule has 0 saturated carbocycles. The first kappa shape index (κ1) is 21.8. The summed E-state index contributed by atoms with van der Waals surface area (Å²) in [7, 11) is 1.43. The Balaban J connectivity index is 2.07. The molecule has 1 unspecified atom stereocenters. The molecule has 31 heavy (non-hydrogen) atoms. The van der Waals surface area contributed by atoms with Gasteiger partial charge in [-0.05, 0) is 6.07 Å². The first-order chi connectivity index (χ1) is 14.7. The highest BCUT2D eigenvalue weighted by atomic mass is 16.5. The van der Waals surface area contributed by atoms with E-state index in [1.807, 2.05) is 0 Å². The average Bonchev–Trinajstić information content (AvgIpc) is 2.67. The monoisotopic (exact) mass is 428 g/mol. The summed E-state index contributed by atoms with van der Waals surface area (Å²) in [6, 6.07) is 7.28. The third kappa shape index (κ3) is 4.82. The molecule has 0 bridgehead atoms. The topological polar surface area (TPSA) is 114 Å². The van der Waals surface area contributed by atoms with Gasteiger partial charge in [0.05, 0.1) is 13.0 Å². The Hall–Kier alpha value is -3.88. The van der Waals surface area contributed by atoms with Gasteiger partial charge < -0.3 is 23.7 Å². The van der Waals surface area contributed by atoms with Crippen LogP contribution in [-0.2, 0) is 14.4 Å². The molecule has 0 N–H and O–H groups in total. The van der Waals surface area contributed by atoms with Crippen molar-refractivity contribution in [2.24, 2.45) is 0 Å². The molecule has 2 aromatic carbocycles. The van der Waals surface area contributed by atoms with E-state index in [0.29, 0.717) is 11.3 Å². The molecule has 0 amide bonds. The van der Waals surface area contributed by atoms with Gasteiger partial charge in [-0.2, -0.15) is 0 Å². The largest absolute Gasteiger partial charge is 0.496 e. The molecule has 1 aliphatic heterocycles. The van der Waals surface area contributed by atoms with Crippen LogP contribution in [0, 0.1) is 0 Å². The Morgan fingerprint density at radius 2 is 1.48 bits per heavy atom. The molecule has 0 saturated heterocycles. The lowest BCUT2D eigenvalue weighted by atomic mass is 9.87. The van der Waals surface area contributed by atoms with Gasteiger partial charge in [-0.25, -0.2) is 0 Å². The van der Waals surface area contributed by atoms with Gasteiger partial charge in [0, 0.05) is 44.5 Å². The molecule has 2 aromatic rings. The highest BCUT2D eigenvalue weighted by Gasteiger charge is 2.36. The fourth-order valence-electron chi connectivity index (χ4n) is 3.21. The zero-order valence-electron chi connectivity index (χ0n) is 17.3. The highest BCUT2D eigenvalue weighted by molar-refractivity contribution is 6.07. The maximum absolute atomic E-state index is 13.4. The van der Waals surface area contributed by atoms with Crippen LogP contribution in [0.25, 0.3) is 0 Å². The zero-order valence-corrected chi connectivity index (χ0v) is 17.3. The number of hydrogen-bond donors (Lipinski definition) is 0. The Labute approximate surface area is 177 Å². The predicted molar refractivity (Wildman–Crippen MR) is 106 cm³/mol. The summed E-state index contributed by atoms with van der Waals surface area (Å²) in [4.78, 5) is 47.8. The number of fused-ring (bicyclic) bond motifs is 1. The summed E-state index contributed by atoms with van der Waals surface area (Å²) >= 11 is 0. The maximum Gasteiger partial charge on any atom is 0.308 e. The van der Waals surface area contributed by atoms with Crippen LogP contribution in [0.2, 0.25) is 0 Å². The number of Topliss-reactive ketones (excluding diaryl/α,β-unsaturated/α-hetero) is 1. The highest BCUT2D eigenvalue weighted by Crippen LogP contribution is 2.43. The summed E-state index contributed by atoms with van der Waals surface area (Å²) in [6.07, 6.45) is 0. The smallest absolute Gasteiger partial charge is 0.308 e. The minimum absolute atomic E-state index is 0.00196. The van der Waals surface area contributed by atoms with Gasteiger partial charge in [-0.3, -0.25) is 19.2 Å². The van der Waals surface area contributed by atoms with Crippen LogP contribution in [0.3, 0.4) is 0 Å². The van der Waals surface area contributed by atoms with E-state index in [-0.39, 0.29) is 35.2 Å². The van der Waals surface area contributed by atoms with E-state index in [0.717, 1.165) is 0 Å². The van der Waals surface area contributed by atoms with Gasteiger partial charge >= 0.3 is 17.9 Å². The van der Waals surface area contributed by atoms with Crippen LogP contribution in [0.5, 0.6) is 28.7 Å². The fraction of sp³-hybridized carbons (Fsp3) is 0.273. The first-order valence-electron chi connectivity index (χ1n) is 9.27. The van der Waals surface area contributed by atoms with E-state index in [1.165, 1.54) is 58.2 Å². The van der Waals surface area contributed by atoms with Crippen molar-refractivity contribution in [2.45, 2.75) is 26.7 Å². The Bertz CT molecular complexity index is 1070. The predicted octanol–water partition coefficient (Wildman–Crippen LogP) is 2.83. The summed E-state index contributed by atoms with van der Waals surface area (Å²) in [6.45, 7) is 3.60. The standard InChI is InChI=1S/C22H20O9/c1-11(23)29-14-5-6-16(18(7-14)30-12(2)24)17-10-28-19-8-15(27-4)9-20(31-13(3)25)21(19)22(17)26/h5-9,17H,10H2,1-4H3. The second-order valence-electron chi connectivity index (χ2n) is 6.71. The SMILES string of the molecule is COc1cc2c(c(OC(C)=O)c1)C(=O)C(c1ccc(OC(C)=O)cc1OC(C)=O)CO2. The molecule has 162 valence electrons. The Kier molecular flexibility index (Phi) is 6.24. The van der Waals surface area contributed by atoms with E-state index in [9.17, 15) is 19.2 Å². The lowest BCUT2D eigenvalue weighted by Crippen LogP contribution is -2.27. The molecule has 9 nitrogen and oxygen atoms in total. The van der Waals surface area contributed by atoms with Gasteiger partial charge in [-0.15, -0.1) is 0 Å². The van der Waals surface area contributed by atoms with Crippen LogP contribution < -0.4 is 23.7 Å². The third-order valence-electron chi connectivity index (χ3n) is 4.37. The second-order valence-corrected chi connectivity index (χ2v) is 6.71. The van der Waals surface area contributed by atoms with Gasteiger partial charge in [-0.1, -0.05) is 6.07 Å². The second kappa shape index (κ2) is 8.86. The molecule has 0 aliphatic carbocycles. The van der Waals surface area contributed by atoms with Crippen molar-refractivity contribution in [2.75, 3.05) is 13.7 Å². The van der Waals surface area contributed by atoms with Crippen molar-refractivity contribution >= 4 is 23.7 Å². The summed E-state index contributed by atoms with van der Waals surface area (Å²) in [5.41, 5.74) is 0.427. The maximum atomic E-state index is 13.4. The van der Waals surface area contributed by atoms with E-state index >= 15 is 0 Å². The summed E-state index contributed by atoms with van der Waals surface area (Å²) in [5.74, 6) is -2.26. The number of rotatable bonds is 5. The number of methoxy groups -OCH3 is 1. The van der Waals surface area contributed by atoms with Crippen molar-refractivity contribution in [1.29, 1.82) is 0 Å². The molecule has 9 heteroatoms. The van der Waals surface area contributed by atoms with Crippen molar-refractivity contribution in [3.8, 4) is 28.7 Å². The summed E-state index contributed by atoms with van der Waals surface area (Å²) in [5, 5.41) is 0. The van der Waals surface area contributed by atoms with Crippen LogP contribution in [-0.4, -0.2) is 37.4 Å². The van der Waals surface area contributed by atoms with Crippen LogP contribution in [0.4, 0.5) is 0 Å². The van der Waals surface area contributed by atoms with Crippen LogP contribution in [0.1, 0.15) is 42.6 Å². The lowest BCUT2D eigenvalue weighted by molar-refractivity contribution is -0.133. The number of carbonyl (C=O) groups excluding carboxylic acids is 4. The fourth-order valence-corrected chi connectivity index (χ4v) is 3.21. The number of ether oxygens (including phenoxy) is 5.